The van der Waals surface area contributed by atoms with Gasteiger partial charge in [0.25, 0.3) is 11.6 Å². The van der Waals surface area contributed by atoms with Crippen LogP contribution in [0.1, 0.15) is 21.5 Å². The van der Waals surface area contributed by atoms with Crippen LogP contribution in [0.3, 0.4) is 0 Å². The normalized spacial score (nSPS) is 12.5. The first-order valence-electron chi connectivity index (χ1n) is 8.14. The van der Waals surface area contributed by atoms with Gasteiger partial charge in [0.05, 0.1) is 11.5 Å². The Morgan fingerprint density at radius 3 is 2.86 bits per heavy atom. The summed E-state index contributed by atoms with van der Waals surface area (Å²) in [7, 11) is 0. The predicted octanol–water partition coefficient (Wildman–Crippen LogP) is 2.70. The smallest absolute Gasteiger partial charge is 0.325 e. The van der Waals surface area contributed by atoms with Gasteiger partial charge in [0.1, 0.15) is 18.9 Å². The Hall–Kier alpha value is -2.98. The van der Waals surface area contributed by atoms with Crippen LogP contribution in [-0.4, -0.2) is 30.1 Å². The molecule has 9 nitrogen and oxygen atoms in total. The number of nitro benzene ring substituents is 1. The average molecular weight is 451 g/mol. The summed E-state index contributed by atoms with van der Waals surface area (Å²) in [4.78, 5) is 34.5. The van der Waals surface area contributed by atoms with E-state index in [2.05, 4.69) is 21.2 Å². The topological polar surface area (TPSA) is 117 Å². The molecule has 2 aromatic rings. The van der Waals surface area contributed by atoms with Crippen molar-refractivity contribution in [1.29, 1.82) is 0 Å². The molecule has 1 heterocycles. The molecule has 0 aliphatic carbocycles. The first-order chi connectivity index (χ1) is 13.4. The molecule has 0 bridgehead atoms. The van der Waals surface area contributed by atoms with E-state index >= 15 is 0 Å². The van der Waals surface area contributed by atoms with E-state index in [-0.39, 0.29) is 32.2 Å². The zero-order chi connectivity index (χ0) is 20.1. The third kappa shape index (κ3) is 4.84. The van der Waals surface area contributed by atoms with Crippen molar-refractivity contribution in [2.45, 2.75) is 13.2 Å². The number of rotatable bonds is 6. The van der Waals surface area contributed by atoms with Crippen molar-refractivity contribution in [3.05, 3.63) is 67.7 Å². The number of carbonyl (C=O) groups is 2. The number of nitrogens with one attached hydrogen (secondary N) is 1. The third-order valence-corrected chi connectivity index (χ3v) is 4.34. The number of hydrogen-bond acceptors (Lipinski definition) is 7. The van der Waals surface area contributed by atoms with E-state index in [9.17, 15) is 19.7 Å². The summed E-state index contributed by atoms with van der Waals surface area (Å²) in [5.74, 6) is -0.704. The van der Waals surface area contributed by atoms with Crippen LogP contribution in [0.15, 0.2) is 40.9 Å². The number of halogens is 1. The second kappa shape index (κ2) is 8.81. The van der Waals surface area contributed by atoms with Crippen molar-refractivity contribution in [2.75, 3.05) is 13.3 Å². The molecule has 3 rings (SSSR count). The standard InChI is InChI=1S/C18H15BrN2O7/c19-14-3-1-2-11(4-14)18(23)20-7-16(22)27-9-13-6-15(21(24)25)5-12-8-26-10-28-17(12)13/h1-6H,7-10H2,(H,20,23). The second-order valence-corrected chi connectivity index (χ2v) is 6.73. The van der Waals surface area contributed by atoms with Crippen molar-refractivity contribution >= 4 is 33.5 Å². The first kappa shape index (κ1) is 19.8. The van der Waals surface area contributed by atoms with Crippen molar-refractivity contribution in [1.82, 2.24) is 5.32 Å². The first-order valence-corrected chi connectivity index (χ1v) is 8.93. The molecule has 1 aliphatic heterocycles. The zero-order valence-electron chi connectivity index (χ0n) is 14.5. The highest BCUT2D eigenvalue weighted by atomic mass is 79.9. The molecule has 0 unspecified atom stereocenters. The number of nitrogens with zero attached hydrogens (tertiary/aromatic N) is 1. The Balaban J connectivity index is 1.60. The van der Waals surface area contributed by atoms with Gasteiger partial charge in [0, 0.05) is 33.3 Å². The molecule has 1 amide bonds. The number of esters is 1. The summed E-state index contributed by atoms with van der Waals surface area (Å²) in [6.07, 6.45) is 0. The number of nitro groups is 1. The Labute approximate surface area is 167 Å². The minimum Gasteiger partial charge on any atom is -0.467 e. The quantitative estimate of drug-likeness (QED) is 0.408. The van der Waals surface area contributed by atoms with Gasteiger partial charge >= 0.3 is 5.97 Å². The second-order valence-electron chi connectivity index (χ2n) is 5.81. The van der Waals surface area contributed by atoms with Gasteiger partial charge in [-0.1, -0.05) is 22.0 Å². The van der Waals surface area contributed by atoms with Crippen LogP contribution in [0.25, 0.3) is 0 Å². The highest BCUT2D eigenvalue weighted by Crippen LogP contribution is 2.33. The van der Waals surface area contributed by atoms with Crippen LogP contribution in [0.2, 0.25) is 0 Å². The van der Waals surface area contributed by atoms with E-state index in [1.54, 1.807) is 24.3 Å². The Bertz CT molecular complexity index is 932. The van der Waals surface area contributed by atoms with Gasteiger partial charge in [-0.05, 0) is 18.2 Å². The van der Waals surface area contributed by atoms with E-state index in [4.69, 9.17) is 14.2 Å². The number of fused-ring (bicyclic) bond motifs is 1. The summed E-state index contributed by atoms with van der Waals surface area (Å²) >= 11 is 3.27. The lowest BCUT2D eigenvalue weighted by atomic mass is 10.1. The lowest BCUT2D eigenvalue weighted by molar-refractivity contribution is -0.385. The molecule has 0 radical (unpaired) electrons. The van der Waals surface area contributed by atoms with Gasteiger partial charge in [-0.15, -0.1) is 0 Å². The van der Waals surface area contributed by atoms with E-state index in [0.717, 1.165) is 4.47 Å². The Morgan fingerprint density at radius 2 is 2.11 bits per heavy atom. The fourth-order valence-corrected chi connectivity index (χ4v) is 2.99. The van der Waals surface area contributed by atoms with E-state index in [0.29, 0.717) is 22.4 Å². The average Bonchev–Trinajstić information content (AvgIpc) is 2.69. The molecule has 0 saturated heterocycles. The van der Waals surface area contributed by atoms with Crippen molar-refractivity contribution in [2.24, 2.45) is 0 Å². The van der Waals surface area contributed by atoms with Gasteiger partial charge in [-0.2, -0.15) is 0 Å². The van der Waals surface area contributed by atoms with Crippen molar-refractivity contribution < 1.29 is 28.7 Å². The molecule has 2 aromatic carbocycles. The highest BCUT2D eigenvalue weighted by Gasteiger charge is 2.22. The number of amides is 1. The summed E-state index contributed by atoms with van der Waals surface area (Å²) < 4.78 is 16.4. The van der Waals surface area contributed by atoms with Crippen LogP contribution in [0.5, 0.6) is 5.75 Å². The van der Waals surface area contributed by atoms with Gasteiger partial charge < -0.3 is 19.5 Å². The molecular formula is C18H15BrN2O7. The van der Waals surface area contributed by atoms with E-state index in [1.165, 1.54) is 12.1 Å². The van der Waals surface area contributed by atoms with E-state index < -0.39 is 16.8 Å². The van der Waals surface area contributed by atoms with Crippen molar-refractivity contribution in [3.8, 4) is 5.75 Å². The summed E-state index contributed by atoms with van der Waals surface area (Å²) in [6.45, 7) is -0.392. The van der Waals surface area contributed by atoms with Crippen LogP contribution in [-0.2, 0) is 27.5 Å². The lowest BCUT2D eigenvalue weighted by Gasteiger charge is -2.20. The molecule has 10 heteroatoms. The fourth-order valence-electron chi connectivity index (χ4n) is 2.59. The van der Waals surface area contributed by atoms with Crippen LogP contribution >= 0.6 is 15.9 Å². The maximum Gasteiger partial charge on any atom is 0.325 e. The summed E-state index contributed by atoms with van der Waals surface area (Å²) in [5.41, 5.74) is 1.11. The number of carbonyl (C=O) groups excluding carboxylic acids is 2. The molecule has 0 saturated carbocycles. The van der Waals surface area contributed by atoms with Crippen molar-refractivity contribution in [3.63, 3.8) is 0 Å². The highest BCUT2D eigenvalue weighted by molar-refractivity contribution is 9.10. The lowest BCUT2D eigenvalue weighted by Crippen LogP contribution is -2.30. The summed E-state index contributed by atoms with van der Waals surface area (Å²) in [5, 5.41) is 13.5. The van der Waals surface area contributed by atoms with Gasteiger partial charge in [-0.25, -0.2) is 0 Å². The Kier molecular flexibility index (Phi) is 6.22. The summed E-state index contributed by atoms with van der Waals surface area (Å²) in [6, 6.07) is 9.36. The molecule has 1 N–H and O–H groups in total. The number of hydrogen-bond donors (Lipinski definition) is 1. The monoisotopic (exact) mass is 450 g/mol. The maximum absolute atomic E-state index is 12.0. The molecule has 0 atom stereocenters. The fraction of sp³-hybridized carbons (Fsp3) is 0.222. The van der Waals surface area contributed by atoms with Crippen LogP contribution < -0.4 is 10.1 Å². The van der Waals surface area contributed by atoms with Crippen LogP contribution in [0.4, 0.5) is 5.69 Å². The molecule has 28 heavy (non-hydrogen) atoms. The zero-order valence-corrected chi connectivity index (χ0v) is 16.1. The van der Waals surface area contributed by atoms with E-state index in [1.807, 2.05) is 0 Å². The minimum absolute atomic E-state index is 0.00838. The molecule has 0 spiro atoms. The molecule has 0 fully saturated rings. The molecular weight excluding hydrogens is 436 g/mol. The SMILES string of the molecule is O=C(CNC(=O)c1cccc(Br)c1)OCc1cc([N+](=O)[O-])cc2c1OCOC2. The molecule has 1 aliphatic rings. The van der Waals surface area contributed by atoms with Gasteiger partial charge in [0.2, 0.25) is 0 Å². The molecule has 0 aromatic heterocycles. The maximum atomic E-state index is 12.0. The minimum atomic E-state index is -0.685. The molecule has 146 valence electrons. The van der Waals surface area contributed by atoms with Gasteiger partial charge in [0.15, 0.2) is 6.79 Å². The predicted molar refractivity (Wildman–Crippen MR) is 99.7 cm³/mol. The number of benzene rings is 2. The third-order valence-electron chi connectivity index (χ3n) is 3.85. The largest absolute Gasteiger partial charge is 0.467 e. The van der Waals surface area contributed by atoms with Gasteiger partial charge in [-0.3, -0.25) is 19.7 Å². The van der Waals surface area contributed by atoms with Crippen LogP contribution in [0, 0.1) is 10.1 Å². The number of non-ortho nitro benzene ring substituents is 1. The number of ether oxygens (including phenoxy) is 3. The Morgan fingerprint density at radius 1 is 1.29 bits per heavy atom.